The van der Waals surface area contributed by atoms with Crippen LogP contribution in [-0.2, 0) is 0 Å². The highest BCUT2D eigenvalue weighted by molar-refractivity contribution is 8.00. The monoisotopic (exact) mass is 238 g/mol. The summed E-state index contributed by atoms with van der Waals surface area (Å²) < 4.78 is 0. The Morgan fingerprint density at radius 1 is 1.31 bits per heavy atom. The minimum Gasteiger partial charge on any atom is -0.478 e. The molecule has 0 aromatic heterocycles. The van der Waals surface area contributed by atoms with Crippen molar-refractivity contribution in [3.05, 3.63) is 29.3 Å². The highest BCUT2D eigenvalue weighted by Crippen LogP contribution is 2.30. The van der Waals surface area contributed by atoms with Crippen LogP contribution in [0, 0.1) is 12.8 Å². The van der Waals surface area contributed by atoms with E-state index in [1.165, 1.54) is 4.90 Å². The first kappa shape index (κ1) is 13.1. The van der Waals surface area contributed by atoms with Crippen molar-refractivity contribution < 1.29 is 9.90 Å². The molecule has 0 aliphatic rings. The summed E-state index contributed by atoms with van der Waals surface area (Å²) >= 11 is 1.81. The Balaban J connectivity index is 2.87. The molecule has 0 aliphatic carbocycles. The van der Waals surface area contributed by atoms with E-state index in [4.69, 9.17) is 5.11 Å². The molecule has 0 heterocycles. The van der Waals surface area contributed by atoms with Gasteiger partial charge in [-0.15, -0.1) is 11.8 Å². The topological polar surface area (TPSA) is 37.3 Å². The van der Waals surface area contributed by atoms with Gasteiger partial charge in [-0.1, -0.05) is 20.8 Å². The summed E-state index contributed by atoms with van der Waals surface area (Å²) in [6, 6.07) is 5.31. The van der Waals surface area contributed by atoms with Gasteiger partial charge in [0.25, 0.3) is 0 Å². The molecular weight excluding hydrogens is 220 g/mol. The Morgan fingerprint density at radius 3 is 2.38 bits per heavy atom. The van der Waals surface area contributed by atoms with Crippen LogP contribution >= 0.6 is 11.8 Å². The van der Waals surface area contributed by atoms with Gasteiger partial charge in [-0.25, -0.2) is 4.79 Å². The second-order valence-corrected chi connectivity index (χ2v) is 5.77. The molecule has 0 spiro atoms. The summed E-state index contributed by atoms with van der Waals surface area (Å²) in [4.78, 5) is 12.0. The number of carbonyl (C=O) groups is 1. The van der Waals surface area contributed by atoms with E-state index >= 15 is 0 Å². The van der Waals surface area contributed by atoms with Crippen molar-refractivity contribution >= 4 is 17.7 Å². The molecular formula is C13H18O2S. The lowest BCUT2D eigenvalue weighted by molar-refractivity contribution is 0.0696. The second-order valence-electron chi connectivity index (χ2n) is 4.35. The van der Waals surface area contributed by atoms with Crippen LogP contribution in [0.15, 0.2) is 23.1 Å². The molecule has 0 bridgehead atoms. The molecule has 88 valence electrons. The largest absolute Gasteiger partial charge is 0.478 e. The average molecular weight is 238 g/mol. The predicted octanol–water partition coefficient (Wildman–Crippen LogP) is 3.83. The van der Waals surface area contributed by atoms with Crippen LogP contribution in [0.5, 0.6) is 0 Å². The lowest BCUT2D eigenvalue weighted by Crippen LogP contribution is -2.06. The summed E-state index contributed by atoms with van der Waals surface area (Å²) in [6.07, 6.45) is 0. The van der Waals surface area contributed by atoms with Crippen molar-refractivity contribution in [2.45, 2.75) is 37.8 Å². The van der Waals surface area contributed by atoms with Crippen molar-refractivity contribution in [2.24, 2.45) is 5.92 Å². The van der Waals surface area contributed by atoms with Crippen LogP contribution in [0.3, 0.4) is 0 Å². The third-order valence-electron chi connectivity index (χ3n) is 2.67. The summed E-state index contributed by atoms with van der Waals surface area (Å²) in [5.74, 6) is -0.250. The maximum Gasteiger partial charge on any atom is 0.335 e. The third kappa shape index (κ3) is 3.27. The molecule has 2 nitrogen and oxygen atoms in total. The maximum atomic E-state index is 10.8. The fraction of sp³-hybridized carbons (Fsp3) is 0.462. The van der Waals surface area contributed by atoms with Crippen molar-refractivity contribution in [1.82, 2.24) is 0 Å². The fourth-order valence-electron chi connectivity index (χ4n) is 1.25. The Bertz CT molecular complexity index is 386. The average Bonchev–Trinajstić information content (AvgIpc) is 2.20. The van der Waals surface area contributed by atoms with E-state index in [1.54, 1.807) is 23.9 Å². The quantitative estimate of drug-likeness (QED) is 0.810. The summed E-state index contributed by atoms with van der Waals surface area (Å²) in [5.41, 5.74) is 1.40. The number of hydrogen-bond donors (Lipinski definition) is 1. The van der Waals surface area contributed by atoms with Crippen LogP contribution in [0.2, 0.25) is 0 Å². The molecule has 0 aliphatic heterocycles. The minimum absolute atomic E-state index is 0.360. The van der Waals surface area contributed by atoms with Gasteiger partial charge in [0.2, 0.25) is 0 Å². The first-order chi connectivity index (χ1) is 7.41. The SMILES string of the molecule is Cc1cc(C(=O)O)ccc1SC(C)C(C)C. The molecule has 1 aromatic carbocycles. The van der Waals surface area contributed by atoms with E-state index in [0.717, 1.165) is 5.56 Å². The van der Waals surface area contributed by atoms with Crippen LogP contribution in [-0.4, -0.2) is 16.3 Å². The van der Waals surface area contributed by atoms with Gasteiger partial charge < -0.3 is 5.11 Å². The third-order valence-corrected chi connectivity index (χ3v) is 4.30. The highest BCUT2D eigenvalue weighted by Gasteiger charge is 2.11. The Kier molecular flexibility index (Phi) is 4.42. The van der Waals surface area contributed by atoms with Crippen molar-refractivity contribution in [3.63, 3.8) is 0 Å². The summed E-state index contributed by atoms with van der Waals surface area (Å²) in [6.45, 7) is 8.54. The number of aryl methyl sites for hydroxylation is 1. The van der Waals surface area contributed by atoms with E-state index in [2.05, 4.69) is 20.8 Å². The molecule has 3 heteroatoms. The molecule has 16 heavy (non-hydrogen) atoms. The molecule has 1 unspecified atom stereocenters. The molecule has 1 atom stereocenters. The lowest BCUT2D eigenvalue weighted by Gasteiger charge is -2.16. The Hall–Kier alpha value is -0.960. The van der Waals surface area contributed by atoms with Gasteiger partial charge in [0.1, 0.15) is 0 Å². The molecule has 0 saturated carbocycles. The van der Waals surface area contributed by atoms with Crippen LogP contribution < -0.4 is 0 Å². The van der Waals surface area contributed by atoms with Gasteiger partial charge >= 0.3 is 5.97 Å². The number of hydrogen-bond acceptors (Lipinski definition) is 2. The number of rotatable bonds is 4. The molecule has 0 saturated heterocycles. The predicted molar refractivity (Wildman–Crippen MR) is 68.3 cm³/mol. The molecule has 0 fully saturated rings. The first-order valence-corrected chi connectivity index (χ1v) is 6.30. The number of benzene rings is 1. The number of aromatic carboxylic acids is 1. The second kappa shape index (κ2) is 5.39. The summed E-state index contributed by atoms with van der Waals surface area (Å²) in [5, 5.41) is 9.40. The number of carboxylic acid groups (broad SMARTS) is 1. The van der Waals surface area contributed by atoms with Crippen LogP contribution in [0.1, 0.15) is 36.7 Å². The molecule has 1 N–H and O–H groups in total. The van der Waals surface area contributed by atoms with Crippen LogP contribution in [0.4, 0.5) is 0 Å². The smallest absolute Gasteiger partial charge is 0.335 e. The van der Waals surface area contributed by atoms with Gasteiger partial charge in [0.15, 0.2) is 0 Å². The molecule has 0 radical (unpaired) electrons. The van der Waals surface area contributed by atoms with E-state index < -0.39 is 5.97 Å². The number of carboxylic acids is 1. The molecule has 1 rings (SSSR count). The van der Waals surface area contributed by atoms with Crippen molar-refractivity contribution in [3.8, 4) is 0 Å². The first-order valence-electron chi connectivity index (χ1n) is 5.42. The van der Waals surface area contributed by atoms with E-state index in [1.807, 2.05) is 13.0 Å². The zero-order valence-corrected chi connectivity index (χ0v) is 11.0. The molecule has 1 aromatic rings. The zero-order valence-electron chi connectivity index (χ0n) is 10.2. The van der Waals surface area contributed by atoms with Crippen LogP contribution in [0.25, 0.3) is 0 Å². The fourth-order valence-corrected chi connectivity index (χ4v) is 2.32. The molecule has 0 amide bonds. The maximum absolute atomic E-state index is 10.8. The van der Waals surface area contributed by atoms with Crippen molar-refractivity contribution in [1.29, 1.82) is 0 Å². The Morgan fingerprint density at radius 2 is 1.94 bits per heavy atom. The van der Waals surface area contributed by atoms with Crippen molar-refractivity contribution in [2.75, 3.05) is 0 Å². The lowest BCUT2D eigenvalue weighted by atomic mass is 10.1. The van der Waals surface area contributed by atoms with Gasteiger partial charge in [-0.05, 0) is 36.6 Å². The van der Waals surface area contributed by atoms with Gasteiger partial charge in [-0.3, -0.25) is 0 Å². The normalized spacial score (nSPS) is 12.8. The standard InChI is InChI=1S/C13H18O2S/c1-8(2)10(4)16-12-6-5-11(13(14)15)7-9(12)3/h5-8,10H,1-4H3,(H,14,15). The van der Waals surface area contributed by atoms with E-state index in [-0.39, 0.29) is 0 Å². The summed E-state index contributed by atoms with van der Waals surface area (Å²) in [7, 11) is 0. The number of thioether (sulfide) groups is 1. The Labute approximate surface area is 101 Å². The van der Waals surface area contributed by atoms with Gasteiger partial charge in [0, 0.05) is 10.1 Å². The highest BCUT2D eigenvalue weighted by atomic mass is 32.2. The zero-order chi connectivity index (χ0) is 12.3. The van der Waals surface area contributed by atoms with E-state index in [0.29, 0.717) is 16.7 Å². The van der Waals surface area contributed by atoms with Gasteiger partial charge in [-0.2, -0.15) is 0 Å². The minimum atomic E-state index is -0.864. The van der Waals surface area contributed by atoms with Gasteiger partial charge in [0.05, 0.1) is 5.56 Å². The van der Waals surface area contributed by atoms with E-state index in [9.17, 15) is 4.79 Å².